The van der Waals surface area contributed by atoms with Crippen LogP contribution in [-0.2, 0) is 9.59 Å². The summed E-state index contributed by atoms with van der Waals surface area (Å²) in [7, 11) is 0. The van der Waals surface area contributed by atoms with Gasteiger partial charge in [-0.25, -0.2) is 0 Å². The lowest BCUT2D eigenvalue weighted by molar-refractivity contribution is -0.141. The van der Waals surface area contributed by atoms with Gasteiger partial charge in [0.15, 0.2) is 0 Å². The van der Waals surface area contributed by atoms with Gasteiger partial charge >= 0.3 is 5.97 Å². The molecule has 10 atom stereocenters. The summed E-state index contributed by atoms with van der Waals surface area (Å²) in [5.41, 5.74) is 0.800. The van der Waals surface area contributed by atoms with E-state index in [-0.39, 0.29) is 12.0 Å². The molecule has 4 fully saturated rings. The average molecular weight is 448 g/mol. The fraction of sp³-hybridized carbons (Fsp3) is 0.926. The molecule has 0 aromatic heterocycles. The molecule has 182 valence electrons. The lowest BCUT2D eigenvalue weighted by Gasteiger charge is -2.61. The van der Waals surface area contributed by atoms with Gasteiger partial charge in [0.2, 0.25) is 5.91 Å². The molecule has 1 amide bonds. The van der Waals surface area contributed by atoms with Crippen LogP contribution in [0.5, 0.6) is 0 Å². The highest BCUT2D eigenvalue weighted by Gasteiger charge is 2.60. The van der Waals surface area contributed by atoms with Crippen LogP contribution >= 0.6 is 0 Å². The second-order valence-corrected chi connectivity index (χ2v) is 12.5. The molecule has 4 saturated carbocycles. The molecule has 4 aliphatic carbocycles. The van der Waals surface area contributed by atoms with Gasteiger partial charge in [0.1, 0.15) is 6.04 Å². The lowest BCUT2D eigenvalue weighted by Crippen LogP contribution is -2.54. The topological polar surface area (TPSA) is 86.6 Å². The number of aliphatic carboxylic acids is 1. The predicted molar refractivity (Wildman–Crippen MR) is 125 cm³/mol. The normalized spacial score (nSPS) is 45.2. The van der Waals surface area contributed by atoms with Crippen LogP contribution in [0.4, 0.5) is 0 Å². The van der Waals surface area contributed by atoms with Gasteiger partial charge in [-0.15, -0.1) is 0 Å². The lowest BCUT2D eigenvalue weighted by atomic mass is 9.44. The number of rotatable bonds is 6. The van der Waals surface area contributed by atoms with Crippen molar-refractivity contribution in [2.45, 2.75) is 110 Å². The first kappa shape index (κ1) is 24.0. The third-order valence-corrected chi connectivity index (χ3v) is 11.0. The number of carbonyl (C=O) groups is 2. The maximum atomic E-state index is 12.2. The number of amides is 1. The van der Waals surface area contributed by atoms with Gasteiger partial charge in [0, 0.05) is 6.42 Å². The zero-order valence-electron chi connectivity index (χ0n) is 20.6. The zero-order chi connectivity index (χ0) is 23.3. The van der Waals surface area contributed by atoms with Gasteiger partial charge in [-0.2, -0.15) is 0 Å². The van der Waals surface area contributed by atoms with Crippen molar-refractivity contribution in [2.24, 2.45) is 46.3 Å². The summed E-state index contributed by atoms with van der Waals surface area (Å²) in [5, 5.41) is 21.9. The largest absolute Gasteiger partial charge is 0.480 e. The van der Waals surface area contributed by atoms with Crippen LogP contribution in [0.2, 0.25) is 0 Å². The standard InChI is InChI=1S/C27H45NO4/c1-16(5-10-24(30)28-17(2)25(31)32)21-8-9-22-20-7-6-18-15-19(29)11-13-26(18,3)23(20)12-14-27(21,22)4/h16-23,29H,5-15H2,1-4H3,(H,28,30)(H,31,32)/t16-,17+,18-,19-,20+,21-,22+,23+,26+,27-/m1/s1. The third kappa shape index (κ3) is 4.12. The molecule has 0 bridgehead atoms. The van der Waals surface area contributed by atoms with Crippen molar-refractivity contribution in [3.05, 3.63) is 0 Å². The molecule has 0 saturated heterocycles. The van der Waals surface area contributed by atoms with Crippen LogP contribution in [0.3, 0.4) is 0 Å². The molecule has 4 rings (SSSR count). The van der Waals surface area contributed by atoms with Crippen LogP contribution in [0.15, 0.2) is 0 Å². The van der Waals surface area contributed by atoms with Crippen molar-refractivity contribution in [2.75, 3.05) is 0 Å². The molecule has 0 aromatic rings. The summed E-state index contributed by atoms with van der Waals surface area (Å²) in [4.78, 5) is 23.2. The first-order valence-corrected chi connectivity index (χ1v) is 13.3. The summed E-state index contributed by atoms with van der Waals surface area (Å²) in [6.45, 7) is 8.94. The second kappa shape index (κ2) is 8.92. The van der Waals surface area contributed by atoms with Crippen LogP contribution in [0, 0.1) is 46.3 Å². The number of aliphatic hydroxyl groups is 1. The van der Waals surface area contributed by atoms with Gasteiger partial charge in [-0.3, -0.25) is 9.59 Å². The molecule has 0 spiro atoms. The van der Waals surface area contributed by atoms with E-state index in [1.807, 2.05) is 0 Å². The molecule has 0 aromatic carbocycles. The average Bonchev–Trinajstić information content (AvgIpc) is 3.09. The van der Waals surface area contributed by atoms with Crippen LogP contribution in [0.1, 0.15) is 98.3 Å². The smallest absolute Gasteiger partial charge is 0.325 e. The Morgan fingerprint density at radius 1 is 0.969 bits per heavy atom. The van der Waals surface area contributed by atoms with Crippen molar-refractivity contribution in [3.63, 3.8) is 0 Å². The Hall–Kier alpha value is -1.10. The minimum Gasteiger partial charge on any atom is -0.480 e. The van der Waals surface area contributed by atoms with Crippen molar-refractivity contribution in [1.82, 2.24) is 5.32 Å². The molecule has 4 aliphatic rings. The molecule has 5 heteroatoms. The highest BCUT2D eigenvalue weighted by atomic mass is 16.4. The monoisotopic (exact) mass is 447 g/mol. The molecule has 3 N–H and O–H groups in total. The second-order valence-electron chi connectivity index (χ2n) is 12.5. The van der Waals surface area contributed by atoms with E-state index < -0.39 is 12.0 Å². The Labute approximate surface area is 194 Å². The number of fused-ring (bicyclic) bond motifs is 5. The molecule has 0 radical (unpaired) electrons. The van der Waals surface area contributed by atoms with Crippen LogP contribution in [-0.4, -0.2) is 34.2 Å². The quantitative estimate of drug-likeness (QED) is 0.534. The van der Waals surface area contributed by atoms with E-state index >= 15 is 0 Å². The number of hydrogen-bond donors (Lipinski definition) is 3. The first-order chi connectivity index (χ1) is 15.1. The van der Waals surface area contributed by atoms with Crippen molar-refractivity contribution in [1.29, 1.82) is 0 Å². The van der Waals surface area contributed by atoms with Gasteiger partial charge < -0.3 is 15.5 Å². The Morgan fingerprint density at radius 3 is 2.38 bits per heavy atom. The van der Waals surface area contributed by atoms with Crippen molar-refractivity contribution in [3.8, 4) is 0 Å². The molecule has 0 unspecified atom stereocenters. The van der Waals surface area contributed by atoms with Crippen molar-refractivity contribution >= 4 is 11.9 Å². The molecule has 0 aliphatic heterocycles. The van der Waals surface area contributed by atoms with Gasteiger partial charge in [-0.1, -0.05) is 20.8 Å². The van der Waals surface area contributed by atoms with E-state index in [9.17, 15) is 14.7 Å². The highest BCUT2D eigenvalue weighted by Crippen LogP contribution is 2.68. The Bertz CT molecular complexity index is 724. The minimum atomic E-state index is -0.981. The number of hydrogen-bond acceptors (Lipinski definition) is 3. The number of aliphatic hydroxyl groups excluding tert-OH is 1. The molecule has 32 heavy (non-hydrogen) atoms. The number of nitrogens with one attached hydrogen (secondary N) is 1. The summed E-state index contributed by atoms with van der Waals surface area (Å²) >= 11 is 0. The van der Waals surface area contributed by atoms with Gasteiger partial charge in [-0.05, 0) is 117 Å². The van der Waals surface area contributed by atoms with E-state index in [0.717, 1.165) is 37.0 Å². The molecular formula is C27H45NO4. The van der Waals surface area contributed by atoms with Crippen LogP contribution in [0.25, 0.3) is 0 Å². The fourth-order valence-corrected chi connectivity index (χ4v) is 9.15. The van der Waals surface area contributed by atoms with E-state index in [0.29, 0.717) is 35.0 Å². The Morgan fingerprint density at radius 2 is 1.66 bits per heavy atom. The highest BCUT2D eigenvalue weighted by molar-refractivity contribution is 5.83. The maximum Gasteiger partial charge on any atom is 0.325 e. The van der Waals surface area contributed by atoms with Crippen molar-refractivity contribution < 1.29 is 19.8 Å². The molecule has 0 heterocycles. The van der Waals surface area contributed by atoms with E-state index in [4.69, 9.17) is 5.11 Å². The predicted octanol–water partition coefficient (Wildman–Crippen LogP) is 5.01. The SMILES string of the molecule is C[C@H](NC(=O)CC[C@@H](C)[C@H]1CC[C@H]2[C@@H]3CC[C@@H]4C[C@H](O)CC[C@]4(C)[C@H]3CC[C@]12C)C(=O)O. The first-order valence-electron chi connectivity index (χ1n) is 13.3. The zero-order valence-corrected chi connectivity index (χ0v) is 20.6. The van der Waals surface area contributed by atoms with E-state index in [2.05, 4.69) is 26.1 Å². The van der Waals surface area contributed by atoms with Gasteiger partial charge in [0.05, 0.1) is 6.10 Å². The number of carbonyl (C=O) groups excluding carboxylic acids is 1. The van der Waals surface area contributed by atoms with Crippen LogP contribution < -0.4 is 5.32 Å². The van der Waals surface area contributed by atoms with E-state index in [1.54, 1.807) is 0 Å². The Balaban J connectivity index is 1.39. The summed E-state index contributed by atoms with van der Waals surface area (Å²) in [6, 6.07) is -0.821. The number of carboxylic acids is 1. The number of carboxylic acid groups (broad SMARTS) is 1. The molecule has 5 nitrogen and oxygen atoms in total. The van der Waals surface area contributed by atoms with E-state index in [1.165, 1.54) is 51.9 Å². The Kier molecular flexibility index (Phi) is 6.70. The maximum absolute atomic E-state index is 12.2. The summed E-state index contributed by atoms with van der Waals surface area (Å²) < 4.78 is 0. The summed E-state index contributed by atoms with van der Waals surface area (Å²) in [5.74, 6) is 3.21. The molecular weight excluding hydrogens is 402 g/mol. The third-order valence-electron chi connectivity index (χ3n) is 11.0. The summed E-state index contributed by atoms with van der Waals surface area (Å²) in [6.07, 6.45) is 12.3. The fourth-order valence-electron chi connectivity index (χ4n) is 9.15. The van der Waals surface area contributed by atoms with Gasteiger partial charge in [0.25, 0.3) is 0 Å². The minimum absolute atomic E-state index is 0.0779.